The summed E-state index contributed by atoms with van der Waals surface area (Å²) in [5.74, 6) is -0.598. The minimum absolute atomic E-state index is 0.143. The molecular formula is C6H6ClNO2. The maximum atomic E-state index is 10.8. The van der Waals surface area contributed by atoms with Crippen molar-refractivity contribution in [2.45, 2.75) is 6.42 Å². The summed E-state index contributed by atoms with van der Waals surface area (Å²) < 4.78 is 0. The molecule has 4 heteroatoms. The van der Waals surface area contributed by atoms with E-state index in [9.17, 15) is 9.59 Å². The average Bonchev–Trinajstić information content (AvgIpc) is 1.82. The minimum atomic E-state index is -0.346. The number of carbonyl (C=O) groups excluding carboxylic acids is 2. The molecule has 54 valence electrons. The van der Waals surface area contributed by atoms with Crippen molar-refractivity contribution in [1.82, 2.24) is 4.90 Å². The summed E-state index contributed by atoms with van der Waals surface area (Å²) in [4.78, 5) is 22.6. The van der Waals surface area contributed by atoms with E-state index in [1.807, 2.05) is 0 Å². The van der Waals surface area contributed by atoms with E-state index in [0.29, 0.717) is 5.03 Å². The van der Waals surface area contributed by atoms with Crippen molar-refractivity contribution in [3.05, 3.63) is 11.1 Å². The van der Waals surface area contributed by atoms with Crippen molar-refractivity contribution >= 4 is 23.4 Å². The second-order valence-corrected chi connectivity index (χ2v) is 2.54. The van der Waals surface area contributed by atoms with Gasteiger partial charge in [0.15, 0.2) is 0 Å². The van der Waals surface area contributed by atoms with Gasteiger partial charge >= 0.3 is 0 Å². The van der Waals surface area contributed by atoms with E-state index in [2.05, 4.69) is 0 Å². The smallest absolute Gasteiger partial charge is 0.254 e. The number of carbonyl (C=O) groups is 2. The number of hydrogen-bond acceptors (Lipinski definition) is 2. The van der Waals surface area contributed by atoms with E-state index in [-0.39, 0.29) is 18.2 Å². The summed E-state index contributed by atoms with van der Waals surface area (Å²) in [5, 5.41) is 0.313. The van der Waals surface area contributed by atoms with E-state index in [4.69, 9.17) is 11.6 Å². The van der Waals surface area contributed by atoms with Gasteiger partial charge in [0, 0.05) is 18.2 Å². The van der Waals surface area contributed by atoms with Crippen molar-refractivity contribution < 1.29 is 9.59 Å². The Bertz CT molecular complexity index is 222. The lowest BCUT2D eigenvalue weighted by Crippen LogP contribution is -2.34. The Morgan fingerprint density at radius 3 is 2.70 bits per heavy atom. The van der Waals surface area contributed by atoms with Crippen molar-refractivity contribution in [3.8, 4) is 0 Å². The van der Waals surface area contributed by atoms with Crippen molar-refractivity contribution in [2.24, 2.45) is 0 Å². The van der Waals surface area contributed by atoms with Crippen LogP contribution in [0.4, 0.5) is 0 Å². The van der Waals surface area contributed by atoms with Crippen LogP contribution < -0.4 is 0 Å². The molecule has 0 aromatic rings. The van der Waals surface area contributed by atoms with Crippen LogP contribution >= 0.6 is 11.6 Å². The van der Waals surface area contributed by atoms with Gasteiger partial charge in [-0.15, -0.1) is 0 Å². The predicted molar refractivity (Wildman–Crippen MR) is 36.3 cm³/mol. The van der Waals surface area contributed by atoms with Crippen LogP contribution in [-0.2, 0) is 9.59 Å². The van der Waals surface area contributed by atoms with Gasteiger partial charge in [0.2, 0.25) is 5.91 Å². The first-order valence-corrected chi connectivity index (χ1v) is 3.15. The Morgan fingerprint density at radius 1 is 1.60 bits per heavy atom. The molecule has 1 aliphatic heterocycles. The molecule has 0 atom stereocenters. The van der Waals surface area contributed by atoms with Crippen LogP contribution in [0.25, 0.3) is 0 Å². The molecule has 0 saturated heterocycles. The van der Waals surface area contributed by atoms with Crippen LogP contribution in [0.2, 0.25) is 0 Å². The SMILES string of the molecule is CN1C(=O)C=C(Cl)CC1=O. The molecule has 0 bridgehead atoms. The summed E-state index contributed by atoms with van der Waals surface area (Å²) >= 11 is 5.46. The fourth-order valence-corrected chi connectivity index (χ4v) is 0.875. The van der Waals surface area contributed by atoms with Gasteiger partial charge in [0.1, 0.15) is 0 Å². The summed E-state index contributed by atoms with van der Waals surface area (Å²) in [6.45, 7) is 0. The number of likely N-dealkylation sites (N-methyl/N-ethyl adjacent to an activating group) is 1. The standard InChI is InChI=1S/C6H6ClNO2/c1-8-5(9)2-4(7)3-6(8)10/h2H,3H2,1H3. The summed E-state index contributed by atoms with van der Waals surface area (Å²) in [6.07, 6.45) is 1.40. The van der Waals surface area contributed by atoms with Gasteiger partial charge in [-0.3, -0.25) is 14.5 Å². The molecule has 0 spiro atoms. The fourth-order valence-electron chi connectivity index (χ4n) is 0.668. The normalized spacial score (nSPS) is 19.4. The maximum absolute atomic E-state index is 10.8. The van der Waals surface area contributed by atoms with Crippen LogP contribution in [0.15, 0.2) is 11.1 Å². The van der Waals surface area contributed by atoms with E-state index >= 15 is 0 Å². The molecule has 0 radical (unpaired) electrons. The lowest BCUT2D eigenvalue weighted by atomic mass is 10.2. The van der Waals surface area contributed by atoms with Gasteiger partial charge in [-0.1, -0.05) is 11.6 Å². The van der Waals surface area contributed by atoms with Crippen molar-refractivity contribution in [2.75, 3.05) is 7.05 Å². The van der Waals surface area contributed by atoms with E-state index in [1.165, 1.54) is 13.1 Å². The third-order valence-corrected chi connectivity index (χ3v) is 1.55. The minimum Gasteiger partial charge on any atom is -0.282 e. The molecule has 1 aliphatic rings. The first kappa shape index (κ1) is 7.28. The second kappa shape index (κ2) is 2.42. The van der Waals surface area contributed by atoms with Gasteiger partial charge in [-0.25, -0.2) is 0 Å². The highest BCUT2D eigenvalue weighted by atomic mass is 35.5. The molecule has 0 aromatic carbocycles. The van der Waals surface area contributed by atoms with Gasteiger partial charge in [-0.2, -0.15) is 0 Å². The molecule has 0 fully saturated rings. The summed E-state index contributed by atoms with van der Waals surface area (Å²) in [6, 6.07) is 0. The van der Waals surface area contributed by atoms with Crippen LogP contribution in [0.3, 0.4) is 0 Å². The number of nitrogens with zero attached hydrogens (tertiary/aromatic N) is 1. The van der Waals surface area contributed by atoms with E-state index in [1.54, 1.807) is 0 Å². The van der Waals surface area contributed by atoms with Crippen LogP contribution in [0, 0.1) is 0 Å². The highest BCUT2D eigenvalue weighted by molar-refractivity contribution is 6.33. The predicted octanol–water partition coefficient (Wildman–Crippen LogP) is 0.498. The Morgan fingerprint density at radius 2 is 2.20 bits per heavy atom. The Labute approximate surface area is 63.3 Å². The largest absolute Gasteiger partial charge is 0.282 e. The second-order valence-electron chi connectivity index (χ2n) is 2.06. The highest BCUT2D eigenvalue weighted by Gasteiger charge is 2.21. The molecule has 0 aromatic heterocycles. The number of amides is 2. The zero-order valence-corrected chi connectivity index (χ0v) is 6.18. The monoisotopic (exact) mass is 159 g/mol. The molecule has 10 heavy (non-hydrogen) atoms. The number of rotatable bonds is 0. The molecule has 0 unspecified atom stereocenters. The number of imide groups is 1. The third-order valence-electron chi connectivity index (χ3n) is 1.30. The Hall–Kier alpha value is -0.830. The number of halogens is 1. The van der Waals surface area contributed by atoms with Crippen molar-refractivity contribution in [3.63, 3.8) is 0 Å². The van der Waals surface area contributed by atoms with Gasteiger partial charge in [-0.05, 0) is 0 Å². The molecule has 0 saturated carbocycles. The van der Waals surface area contributed by atoms with Crippen LogP contribution in [-0.4, -0.2) is 23.8 Å². The molecule has 1 heterocycles. The zero-order chi connectivity index (χ0) is 7.72. The summed E-state index contributed by atoms with van der Waals surface area (Å²) in [7, 11) is 1.44. The fraction of sp³-hybridized carbons (Fsp3) is 0.333. The topological polar surface area (TPSA) is 37.4 Å². The molecule has 0 N–H and O–H groups in total. The lowest BCUT2D eigenvalue weighted by Gasteiger charge is -2.16. The van der Waals surface area contributed by atoms with Crippen molar-refractivity contribution in [1.29, 1.82) is 0 Å². The average molecular weight is 160 g/mol. The highest BCUT2D eigenvalue weighted by Crippen LogP contribution is 2.14. The zero-order valence-electron chi connectivity index (χ0n) is 5.43. The number of hydrogen-bond donors (Lipinski definition) is 0. The first-order valence-electron chi connectivity index (χ1n) is 2.78. The Balaban J connectivity index is 2.89. The molecule has 0 aliphatic carbocycles. The van der Waals surface area contributed by atoms with Crippen LogP contribution in [0.5, 0.6) is 0 Å². The molecule has 3 nitrogen and oxygen atoms in total. The third kappa shape index (κ3) is 1.19. The quantitative estimate of drug-likeness (QED) is 0.483. The van der Waals surface area contributed by atoms with Crippen LogP contribution in [0.1, 0.15) is 6.42 Å². The molecular weight excluding hydrogens is 154 g/mol. The van der Waals surface area contributed by atoms with E-state index in [0.717, 1.165) is 4.90 Å². The lowest BCUT2D eigenvalue weighted by molar-refractivity contribution is -0.140. The van der Waals surface area contributed by atoms with E-state index < -0.39 is 0 Å². The Kier molecular flexibility index (Phi) is 1.76. The molecule has 2 amide bonds. The van der Waals surface area contributed by atoms with Gasteiger partial charge in [0.05, 0.1) is 6.42 Å². The van der Waals surface area contributed by atoms with Gasteiger partial charge in [0.25, 0.3) is 5.91 Å². The maximum Gasteiger partial charge on any atom is 0.254 e. The first-order chi connectivity index (χ1) is 4.61. The van der Waals surface area contributed by atoms with Gasteiger partial charge < -0.3 is 0 Å². The summed E-state index contributed by atoms with van der Waals surface area (Å²) in [5.41, 5.74) is 0. The molecule has 1 rings (SSSR count).